The van der Waals surface area contributed by atoms with Gasteiger partial charge in [0.15, 0.2) is 0 Å². The molecule has 0 aliphatic carbocycles. The van der Waals surface area contributed by atoms with Gasteiger partial charge < -0.3 is 5.32 Å². The number of benzene rings is 2. The minimum absolute atomic E-state index is 0.177. The number of sulfonamides is 1. The highest BCUT2D eigenvalue weighted by molar-refractivity contribution is 7.92. The van der Waals surface area contributed by atoms with Gasteiger partial charge in [-0.2, -0.15) is 13.2 Å². The van der Waals surface area contributed by atoms with E-state index in [9.17, 15) is 26.4 Å². The Morgan fingerprint density at radius 1 is 1.03 bits per heavy atom. The number of pyridine rings is 1. The number of nitrogens with zero attached hydrogens (tertiary/aromatic N) is 1. The van der Waals surface area contributed by atoms with Crippen molar-refractivity contribution in [1.82, 2.24) is 4.98 Å². The Morgan fingerprint density at radius 2 is 1.72 bits per heavy atom. The van der Waals surface area contributed by atoms with E-state index in [1.165, 1.54) is 6.07 Å². The molecule has 0 aliphatic heterocycles. The third-order valence-corrected chi connectivity index (χ3v) is 4.57. The van der Waals surface area contributed by atoms with E-state index in [0.717, 1.165) is 18.4 Å². The molecule has 152 valence electrons. The van der Waals surface area contributed by atoms with Gasteiger partial charge in [-0.05, 0) is 37.3 Å². The van der Waals surface area contributed by atoms with Gasteiger partial charge in [-0.1, -0.05) is 18.2 Å². The van der Waals surface area contributed by atoms with Crippen molar-refractivity contribution in [1.29, 1.82) is 0 Å². The van der Waals surface area contributed by atoms with Crippen LogP contribution < -0.4 is 10.0 Å². The van der Waals surface area contributed by atoms with E-state index in [0.29, 0.717) is 22.7 Å². The van der Waals surface area contributed by atoms with Gasteiger partial charge in [0.1, 0.15) is 0 Å². The number of aromatic nitrogens is 1. The fraction of sp³-hybridized carbons (Fsp3) is 0.158. The van der Waals surface area contributed by atoms with Gasteiger partial charge in [0.25, 0.3) is 5.91 Å². The van der Waals surface area contributed by atoms with Crippen LogP contribution in [-0.4, -0.2) is 25.6 Å². The van der Waals surface area contributed by atoms with Crippen LogP contribution in [0, 0.1) is 6.92 Å². The number of amides is 1. The maximum atomic E-state index is 13.1. The third-order valence-electron chi connectivity index (χ3n) is 3.98. The Labute approximate surface area is 164 Å². The highest BCUT2D eigenvalue weighted by atomic mass is 32.2. The standard InChI is InChI=1S/C19H16F3N3O3S/c1-11-9-14(13-5-3-4-6-15(13)23-11)18(26)24-17-10-12(19(20,21)22)7-8-16(17)25-29(2,27)28/h3-10,25H,1-2H3,(H,24,26). The van der Waals surface area contributed by atoms with Crippen LogP contribution in [0.2, 0.25) is 0 Å². The summed E-state index contributed by atoms with van der Waals surface area (Å²) in [4.78, 5) is 17.2. The molecule has 0 atom stereocenters. The number of fused-ring (bicyclic) bond motifs is 1. The quantitative estimate of drug-likeness (QED) is 0.659. The lowest BCUT2D eigenvalue weighted by Crippen LogP contribution is -2.18. The molecule has 0 unspecified atom stereocenters. The van der Waals surface area contributed by atoms with Crippen LogP contribution in [0.1, 0.15) is 21.6 Å². The minimum atomic E-state index is -4.66. The lowest BCUT2D eigenvalue weighted by molar-refractivity contribution is -0.137. The Hall–Kier alpha value is -3.14. The number of carbonyl (C=O) groups excluding carboxylic acids is 1. The van der Waals surface area contributed by atoms with E-state index in [1.807, 2.05) is 0 Å². The lowest BCUT2D eigenvalue weighted by Gasteiger charge is -2.16. The topological polar surface area (TPSA) is 88.2 Å². The Kier molecular flexibility index (Phi) is 5.22. The van der Waals surface area contributed by atoms with Crippen LogP contribution in [0.3, 0.4) is 0 Å². The first kappa shape index (κ1) is 20.6. The minimum Gasteiger partial charge on any atom is -0.320 e. The van der Waals surface area contributed by atoms with Gasteiger partial charge in [-0.3, -0.25) is 14.5 Å². The Morgan fingerprint density at radius 3 is 2.38 bits per heavy atom. The van der Waals surface area contributed by atoms with E-state index in [4.69, 9.17) is 0 Å². The van der Waals surface area contributed by atoms with Crippen molar-refractivity contribution >= 4 is 38.2 Å². The summed E-state index contributed by atoms with van der Waals surface area (Å²) < 4.78 is 64.5. The largest absolute Gasteiger partial charge is 0.416 e. The second-order valence-electron chi connectivity index (χ2n) is 6.41. The van der Waals surface area contributed by atoms with Crippen molar-refractivity contribution in [3.63, 3.8) is 0 Å². The molecule has 6 nitrogen and oxygen atoms in total. The third kappa shape index (κ3) is 4.83. The number of anilines is 2. The molecule has 1 amide bonds. The molecule has 0 fully saturated rings. The van der Waals surface area contributed by atoms with E-state index in [1.54, 1.807) is 31.2 Å². The summed E-state index contributed by atoms with van der Waals surface area (Å²) >= 11 is 0. The fourth-order valence-electron chi connectivity index (χ4n) is 2.80. The first-order chi connectivity index (χ1) is 13.4. The molecule has 0 saturated heterocycles. The maximum Gasteiger partial charge on any atom is 0.416 e. The van der Waals surface area contributed by atoms with Crippen molar-refractivity contribution in [2.45, 2.75) is 13.1 Å². The summed E-state index contributed by atoms with van der Waals surface area (Å²) in [5.74, 6) is -0.692. The van der Waals surface area contributed by atoms with Gasteiger partial charge in [0.05, 0.1) is 34.3 Å². The number of para-hydroxylation sites is 1. The summed E-state index contributed by atoms with van der Waals surface area (Å²) in [5.41, 5.74) is -0.209. The van der Waals surface area contributed by atoms with Crippen molar-refractivity contribution in [2.75, 3.05) is 16.3 Å². The van der Waals surface area contributed by atoms with Crippen LogP contribution in [0.4, 0.5) is 24.5 Å². The molecule has 1 aromatic heterocycles. The Balaban J connectivity index is 2.08. The average Bonchev–Trinajstić information content (AvgIpc) is 2.60. The maximum absolute atomic E-state index is 13.1. The molecule has 0 aliphatic rings. The molecule has 0 radical (unpaired) electrons. The van der Waals surface area contributed by atoms with Crippen molar-refractivity contribution in [3.8, 4) is 0 Å². The van der Waals surface area contributed by atoms with E-state index in [2.05, 4.69) is 15.0 Å². The number of hydrogen-bond acceptors (Lipinski definition) is 4. The number of carbonyl (C=O) groups is 1. The molecular weight excluding hydrogens is 407 g/mol. The molecule has 0 bridgehead atoms. The van der Waals surface area contributed by atoms with Gasteiger partial charge in [-0.15, -0.1) is 0 Å². The van der Waals surface area contributed by atoms with Gasteiger partial charge in [-0.25, -0.2) is 8.42 Å². The van der Waals surface area contributed by atoms with Crippen LogP contribution in [0.5, 0.6) is 0 Å². The average molecular weight is 423 g/mol. The van der Waals surface area contributed by atoms with Gasteiger partial charge >= 0.3 is 6.18 Å². The number of aryl methyl sites for hydroxylation is 1. The predicted molar refractivity (Wildman–Crippen MR) is 104 cm³/mol. The summed E-state index contributed by atoms with van der Waals surface area (Å²) in [6.07, 6.45) is -3.81. The normalized spacial score (nSPS) is 12.0. The van der Waals surface area contributed by atoms with Gasteiger partial charge in [0, 0.05) is 11.1 Å². The smallest absolute Gasteiger partial charge is 0.320 e. The fourth-order valence-corrected chi connectivity index (χ4v) is 3.38. The zero-order valence-electron chi connectivity index (χ0n) is 15.3. The molecular formula is C19H16F3N3O3S. The summed E-state index contributed by atoms with van der Waals surface area (Å²) in [5, 5.41) is 2.90. The summed E-state index contributed by atoms with van der Waals surface area (Å²) in [6.45, 7) is 1.68. The molecule has 3 aromatic rings. The second kappa shape index (κ2) is 7.36. The van der Waals surface area contributed by atoms with Gasteiger partial charge in [0.2, 0.25) is 10.0 Å². The molecule has 3 rings (SSSR count). The molecule has 10 heteroatoms. The van der Waals surface area contributed by atoms with Crippen LogP contribution in [-0.2, 0) is 16.2 Å². The number of rotatable bonds is 4. The molecule has 0 spiro atoms. The molecule has 2 aromatic carbocycles. The molecule has 2 N–H and O–H groups in total. The molecule has 1 heterocycles. The van der Waals surface area contributed by atoms with E-state index < -0.39 is 27.7 Å². The predicted octanol–water partition coefficient (Wildman–Crippen LogP) is 4.19. The Bertz CT molecular complexity index is 1210. The van der Waals surface area contributed by atoms with Crippen molar-refractivity contribution in [3.05, 3.63) is 65.4 Å². The highest BCUT2D eigenvalue weighted by Crippen LogP contribution is 2.34. The zero-order valence-corrected chi connectivity index (χ0v) is 16.1. The molecule has 0 saturated carbocycles. The lowest BCUT2D eigenvalue weighted by atomic mass is 10.1. The van der Waals surface area contributed by atoms with Crippen LogP contribution >= 0.6 is 0 Å². The monoisotopic (exact) mass is 423 g/mol. The number of nitrogens with one attached hydrogen (secondary N) is 2. The zero-order chi connectivity index (χ0) is 21.4. The van der Waals surface area contributed by atoms with E-state index in [-0.39, 0.29) is 16.9 Å². The van der Waals surface area contributed by atoms with Crippen molar-refractivity contribution < 1.29 is 26.4 Å². The second-order valence-corrected chi connectivity index (χ2v) is 8.16. The number of halogens is 3. The van der Waals surface area contributed by atoms with Crippen molar-refractivity contribution in [2.24, 2.45) is 0 Å². The molecule has 29 heavy (non-hydrogen) atoms. The van der Waals surface area contributed by atoms with E-state index >= 15 is 0 Å². The van der Waals surface area contributed by atoms with Crippen LogP contribution in [0.25, 0.3) is 10.9 Å². The first-order valence-corrected chi connectivity index (χ1v) is 10.2. The summed E-state index contributed by atoms with van der Waals surface area (Å²) in [6, 6.07) is 10.7. The number of alkyl halides is 3. The SMILES string of the molecule is Cc1cc(C(=O)Nc2cc(C(F)(F)F)ccc2NS(C)(=O)=O)c2ccccc2n1. The first-order valence-electron chi connectivity index (χ1n) is 8.31. The van der Waals surface area contributed by atoms with Crippen LogP contribution in [0.15, 0.2) is 48.5 Å². The summed E-state index contributed by atoms with van der Waals surface area (Å²) in [7, 11) is -3.78. The highest BCUT2D eigenvalue weighted by Gasteiger charge is 2.31. The number of hydrogen-bond donors (Lipinski definition) is 2.